The molecule has 16 heavy (non-hydrogen) atoms. The Balaban J connectivity index is 2.93. The zero-order valence-corrected chi connectivity index (χ0v) is 9.69. The number of carboxylic acid groups (broad SMARTS) is 1. The molecule has 1 aromatic rings. The van der Waals surface area contributed by atoms with Gasteiger partial charge in [-0.2, -0.15) is 0 Å². The maximum atomic E-state index is 10.4. The smallest absolute Gasteiger partial charge is 0.341 e. The third-order valence-corrected chi connectivity index (χ3v) is 2.19. The number of benzene rings is 1. The van der Waals surface area contributed by atoms with E-state index in [1.165, 1.54) is 0 Å². The number of hydrogen-bond donors (Lipinski definition) is 1. The average molecular weight is 224 g/mol. The van der Waals surface area contributed by atoms with Gasteiger partial charge < -0.3 is 14.6 Å². The summed E-state index contributed by atoms with van der Waals surface area (Å²) in [6, 6.07) is 5.35. The van der Waals surface area contributed by atoms with E-state index in [-0.39, 0.29) is 12.5 Å². The van der Waals surface area contributed by atoms with Crippen LogP contribution in [-0.4, -0.2) is 24.8 Å². The maximum Gasteiger partial charge on any atom is 0.341 e. The van der Waals surface area contributed by atoms with Crippen molar-refractivity contribution >= 4 is 5.97 Å². The van der Waals surface area contributed by atoms with Crippen molar-refractivity contribution in [2.75, 3.05) is 13.7 Å². The van der Waals surface area contributed by atoms with Gasteiger partial charge in [0.25, 0.3) is 0 Å². The Hall–Kier alpha value is -1.71. The molecule has 4 nitrogen and oxygen atoms in total. The number of methoxy groups -OCH3 is 1. The first-order chi connectivity index (χ1) is 7.54. The van der Waals surface area contributed by atoms with Crippen molar-refractivity contribution in [1.29, 1.82) is 0 Å². The summed E-state index contributed by atoms with van der Waals surface area (Å²) in [6.07, 6.45) is 0. The number of carboxylic acids is 1. The van der Waals surface area contributed by atoms with Gasteiger partial charge in [0.2, 0.25) is 0 Å². The van der Waals surface area contributed by atoms with Crippen molar-refractivity contribution in [3.8, 4) is 11.5 Å². The molecule has 0 unspecified atom stereocenters. The Morgan fingerprint density at radius 1 is 1.44 bits per heavy atom. The van der Waals surface area contributed by atoms with Crippen molar-refractivity contribution < 1.29 is 19.4 Å². The van der Waals surface area contributed by atoms with Crippen molar-refractivity contribution in [3.05, 3.63) is 23.8 Å². The fourth-order valence-corrected chi connectivity index (χ4v) is 1.38. The normalized spacial score (nSPS) is 10.2. The first-order valence-electron chi connectivity index (χ1n) is 5.07. The zero-order valence-electron chi connectivity index (χ0n) is 9.69. The van der Waals surface area contributed by atoms with Crippen LogP contribution in [0.5, 0.6) is 11.5 Å². The summed E-state index contributed by atoms with van der Waals surface area (Å²) < 4.78 is 10.3. The van der Waals surface area contributed by atoms with Gasteiger partial charge in [-0.3, -0.25) is 0 Å². The number of hydrogen-bond acceptors (Lipinski definition) is 3. The summed E-state index contributed by atoms with van der Waals surface area (Å²) >= 11 is 0. The van der Waals surface area contributed by atoms with Gasteiger partial charge in [0.1, 0.15) is 11.5 Å². The van der Waals surface area contributed by atoms with Crippen molar-refractivity contribution in [2.24, 2.45) is 0 Å². The van der Waals surface area contributed by atoms with Crippen LogP contribution >= 0.6 is 0 Å². The number of ether oxygens (including phenoxy) is 2. The molecule has 0 aliphatic carbocycles. The van der Waals surface area contributed by atoms with Gasteiger partial charge >= 0.3 is 5.97 Å². The molecule has 1 N–H and O–H groups in total. The third kappa shape index (κ3) is 3.15. The van der Waals surface area contributed by atoms with E-state index < -0.39 is 5.97 Å². The molecule has 1 aromatic carbocycles. The monoisotopic (exact) mass is 224 g/mol. The van der Waals surface area contributed by atoms with Crippen molar-refractivity contribution in [3.63, 3.8) is 0 Å². The predicted molar refractivity (Wildman–Crippen MR) is 60.2 cm³/mol. The minimum absolute atomic E-state index is 0.249. The molecule has 0 heterocycles. The lowest BCUT2D eigenvalue weighted by Gasteiger charge is -2.14. The molecular weight excluding hydrogens is 208 g/mol. The molecule has 0 atom stereocenters. The lowest BCUT2D eigenvalue weighted by molar-refractivity contribution is -0.139. The first-order valence-corrected chi connectivity index (χ1v) is 5.07. The van der Waals surface area contributed by atoms with Crippen LogP contribution in [0.3, 0.4) is 0 Å². The molecule has 0 aromatic heterocycles. The van der Waals surface area contributed by atoms with Crippen LogP contribution in [0.2, 0.25) is 0 Å². The summed E-state index contributed by atoms with van der Waals surface area (Å²) in [5.74, 6) is 0.606. The van der Waals surface area contributed by atoms with Crippen LogP contribution in [0.25, 0.3) is 0 Å². The Labute approximate surface area is 94.8 Å². The second-order valence-corrected chi connectivity index (χ2v) is 3.74. The highest BCUT2D eigenvalue weighted by molar-refractivity contribution is 5.68. The summed E-state index contributed by atoms with van der Waals surface area (Å²) in [6.45, 7) is 3.71. The molecule has 0 fully saturated rings. The molecule has 0 aliphatic rings. The largest absolute Gasteiger partial charge is 0.497 e. The summed E-state index contributed by atoms with van der Waals surface area (Å²) in [7, 11) is 1.59. The Kier molecular flexibility index (Phi) is 4.17. The standard InChI is InChI=1S/C12H16O4/c1-8(2)10-6-9(15-3)4-5-11(10)16-7-12(13)14/h4-6,8H,7H2,1-3H3,(H,13,14). The van der Waals surface area contributed by atoms with Crippen molar-refractivity contribution in [2.45, 2.75) is 19.8 Å². The van der Waals surface area contributed by atoms with Gasteiger partial charge in [-0.25, -0.2) is 4.79 Å². The average Bonchev–Trinajstić information content (AvgIpc) is 2.25. The minimum atomic E-state index is -0.981. The molecule has 0 saturated carbocycles. The van der Waals surface area contributed by atoms with Crippen LogP contribution in [0.1, 0.15) is 25.3 Å². The minimum Gasteiger partial charge on any atom is -0.497 e. The Bertz CT molecular complexity index is 371. The topological polar surface area (TPSA) is 55.8 Å². The highest BCUT2D eigenvalue weighted by Crippen LogP contribution is 2.30. The first kappa shape index (κ1) is 12.4. The van der Waals surface area contributed by atoms with E-state index in [0.29, 0.717) is 5.75 Å². The molecular formula is C12H16O4. The molecule has 0 saturated heterocycles. The van der Waals surface area contributed by atoms with E-state index in [1.54, 1.807) is 19.2 Å². The van der Waals surface area contributed by atoms with Gasteiger partial charge in [0.15, 0.2) is 6.61 Å². The quantitative estimate of drug-likeness (QED) is 0.833. The number of carbonyl (C=O) groups is 1. The number of aliphatic carboxylic acids is 1. The van der Waals surface area contributed by atoms with E-state index in [0.717, 1.165) is 11.3 Å². The second-order valence-electron chi connectivity index (χ2n) is 3.74. The highest BCUT2D eigenvalue weighted by Gasteiger charge is 2.10. The fourth-order valence-electron chi connectivity index (χ4n) is 1.38. The van der Waals surface area contributed by atoms with E-state index >= 15 is 0 Å². The second kappa shape index (κ2) is 5.39. The third-order valence-electron chi connectivity index (χ3n) is 2.19. The van der Waals surface area contributed by atoms with E-state index in [2.05, 4.69) is 0 Å². The SMILES string of the molecule is COc1ccc(OCC(=O)O)c(C(C)C)c1. The van der Waals surface area contributed by atoms with Crippen LogP contribution in [-0.2, 0) is 4.79 Å². The maximum absolute atomic E-state index is 10.4. The Morgan fingerprint density at radius 3 is 2.62 bits per heavy atom. The molecule has 88 valence electrons. The van der Waals surface area contributed by atoms with Gasteiger partial charge in [-0.15, -0.1) is 0 Å². The van der Waals surface area contributed by atoms with Crippen molar-refractivity contribution in [1.82, 2.24) is 0 Å². The lowest BCUT2D eigenvalue weighted by atomic mass is 10.0. The van der Waals surface area contributed by atoms with E-state index in [9.17, 15) is 4.79 Å². The van der Waals surface area contributed by atoms with E-state index in [1.807, 2.05) is 19.9 Å². The molecule has 0 spiro atoms. The van der Waals surface area contributed by atoms with Crippen LogP contribution < -0.4 is 9.47 Å². The molecule has 0 bridgehead atoms. The number of rotatable bonds is 5. The summed E-state index contributed by atoms with van der Waals surface area (Å²) in [5, 5.41) is 8.56. The van der Waals surface area contributed by atoms with Gasteiger partial charge in [0.05, 0.1) is 7.11 Å². The predicted octanol–water partition coefficient (Wildman–Crippen LogP) is 2.28. The van der Waals surface area contributed by atoms with Gasteiger partial charge in [-0.1, -0.05) is 13.8 Å². The molecule has 0 radical (unpaired) electrons. The summed E-state index contributed by atoms with van der Waals surface area (Å²) in [4.78, 5) is 10.4. The lowest BCUT2D eigenvalue weighted by Crippen LogP contribution is -2.10. The van der Waals surface area contributed by atoms with Gasteiger partial charge in [-0.05, 0) is 24.1 Å². The summed E-state index contributed by atoms with van der Waals surface area (Å²) in [5.41, 5.74) is 0.945. The van der Waals surface area contributed by atoms with Gasteiger partial charge in [0, 0.05) is 5.56 Å². The molecule has 0 aliphatic heterocycles. The molecule has 0 amide bonds. The van der Waals surface area contributed by atoms with Crippen LogP contribution in [0.15, 0.2) is 18.2 Å². The molecule has 1 rings (SSSR count). The van der Waals surface area contributed by atoms with Crippen LogP contribution in [0, 0.1) is 0 Å². The zero-order chi connectivity index (χ0) is 12.1. The fraction of sp³-hybridized carbons (Fsp3) is 0.417. The van der Waals surface area contributed by atoms with Crippen LogP contribution in [0.4, 0.5) is 0 Å². The van der Waals surface area contributed by atoms with E-state index in [4.69, 9.17) is 14.6 Å². The molecule has 4 heteroatoms. The Morgan fingerprint density at radius 2 is 2.12 bits per heavy atom. The highest BCUT2D eigenvalue weighted by atomic mass is 16.5.